The van der Waals surface area contributed by atoms with Crippen LogP contribution in [0.1, 0.15) is 54.0 Å². The molecule has 22 heavy (non-hydrogen) atoms. The summed E-state index contributed by atoms with van der Waals surface area (Å²) >= 11 is 0. The fourth-order valence-corrected chi connectivity index (χ4v) is 2.72. The number of aromatic amines is 3. The van der Waals surface area contributed by atoms with Gasteiger partial charge in [0.05, 0.1) is 12.3 Å². The Labute approximate surface area is 129 Å². The number of aromatic nitrogens is 3. The Bertz CT molecular complexity index is 722. The molecule has 0 aliphatic heterocycles. The van der Waals surface area contributed by atoms with Gasteiger partial charge in [0.1, 0.15) is 5.69 Å². The number of ether oxygens (including phenoxy) is 1. The molecule has 0 amide bonds. The van der Waals surface area contributed by atoms with Gasteiger partial charge in [-0.15, -0.1) is 0 Å². The minimum atomic E-state index is -0.373. The summed E-state index contributed by atoms with van der Waals surface area (Å²) in [7, 11) is 0. The van der Waals surface area contributed by atoms with E-state index in [-0.39, 0.29) is 11.5 Å². The fourth-order valence-electron chi connectivity index (χ4n) is 2.72. The summed E-state index contributed by atoms with van der Waals surface area (Å²) in [5.74, 6) is -0.373. The van der Waals surface area contributed by atoms with Gasteiger partial charge in [-0.2, -0.15) is 0 Å². The van der Waals surface area contributed by atoms with Gasteiger partial charge >= 0.3 is 5.97 Å². The molecule has 0 bridgehead atoms. The zero-order valence-electron chi connectivity index (χ0n) is 13.6. The lowest BCUT2D eigenvalue weighted by atomic mass is 10.0. The van der Waals surface area contributed by atoms with Gasteiger partial charge in [-0.25, -0.2) is 4.79 Å². The van der Waals surface area contributed by atoms with E-state index in [9.17, 15) is 9.59 Å². The molecule has 0 saturated carbocycles. The average molecular weight is 305 g/mol. The molecular formula is C16H23N3O3. The minimum Gasteiger partial charge on any atom is -0.461 e. The Hall–Kier alpha value is -2.24. The summed E-state index contributed by atoms with van der Waals surface area (Å²) < 4.78 is 5.06. The molecule has 0 atom stereocenters. The standard InChI is InChI=1S/C16H23N3O3/c1-5-7-8-11-14(18-19-15(11)20)12-9(3)13(17-10(12)4)16(21)22-6-2/h17H,5-8H2,1-4H3,(H2,18,19,20). The highest BCUT2D eigenvalue weighted by atomic mass is 16.5. The lowest BCUT2D eigenvalue weighted by molar-refractivity contribution is 0.0519. The largest absolute Gasteiger partial charge is 0.461 e. The van der Waals surface area contributed by atoms with Crippen molar-refractivity contribution in [1.82, 2.24) is 15.2 Å². The van der Waals surface area contributed by atoms with E-state index in [1.54, 1.807) is 6.92 Å². The van der Waals surface area contributed by atoms with Gasteiger partial charge in [0, 0.05) is 16.8 Å². The third kappa shape index (κ3) is 2.86. The van der Waals surface area contributed by atoms with Crippen molar-refractivity contribution in [2.24, 2.45) is 0 Å². The van der Waals surface area contributed by atoms with E-state index in [1.165, 1.54) is 0 Å². The summed E-state index contributed by atoms with van der Waals surface area (Å²) in [4.78, 5) is 27.1. The quantitative estimate of drug-likeness (QED) is 0.717. The number of carbonyl (C=O) groups excluding carboxylic acids is 1. The molecule has 3 N–H and O–H groups in total. The van der Waals surface area contributed by atoms with E-state index >= 15 is 0 Å². The highest BCUT2D eigenvalue weighted by molar-refractivity contribution is 5.92. The lowest BCUT2D eigenvalue weighted by Gasteiger charge is -2.04. The molecule has 2 aromatic heterocycles. The van der Waals surface area contributed by atoms with Gasteiger partial charge in [-0.05, 0) is 39.2 Å². The fraction of sp³-hybridized carbons (Fsp3) is 0.500. The number of hydrogen-bond acceptors (Lipinski definition) is 3. The number of rotatable bonds is 6. The Morgan fingerprint density at radius 1 is 1.18 bits per heavy atom. The molecule has 0 radical (unpaired) electrons. The number of H-pyrrole nitrogens is 3. The van der Waals surface area contributed by atoms with Crippen molar-refractivity contribution < 1.29 is 9.53 Å². The van der Waals surface area contributed by atoms with E-state index in [2.05, 4.69) is 22.1 Å². The molecule has 0 aliphatic carbocycles. The maximum absolute atomic E-state index is 12.0. The van der Waals surface area contributed by atoms with Gasteiger partial charge in [-0.1, -0.05) is 13.3 Å². The molecule has 0 unspecified atom stereocenters. The highest BCUT2D eigenvalue weighted by Crippen LogP contribution is 2.30. The summed E-state index contributed by atoms with van der Waals surface area (Å²) in [5.41, 5.74) is 4.35. The Kier molecular flexibility index (Phi) is 4.90. The summed E-state index contributed by atoms with van der Waals surface area (Å²) in [5, 5.41) is 5.61. The molecule has 120 valence electrons. The van der Waals surface area contributed by atoms with Gasteiger partial charge in [0.25, 0.3) is 5.56 Å². The van der Waals surface area contributed by atoms with Crippen LogP contribution in [0.2, 0.25) is 0 Å². The van der Waals surface area contributed by atoms with E-state index in [4.69, 9.17) is 4.74 Å². The second-order valence-electron chi connectivity index (χ2n) is 5.38. The van der Waals surface area contributed by atoms with Crippen molar-refractivity contribution in [3.8, 4) is 11.3 Å². The summed E-state index contributed by atoms with van der Waals surface area (Å²) in [6.45, 7) is 7.94. The molecule has 0 fully saturated rings. The SMILES string of the molecule is CCCCc1c(-c2c(C)[nH]c(C(=O)OCC)c2C)[nH][nH]c1=O. The van der Waals surface area contributed by atoms with Crippen LogP contribution >= 0.6 is 0 Å². The summed E-state index contributed by atoms with van der Waals surface area (Å²) in [6.07, 6.45) is 2.67. The molecule has 2 aromatic rings. The predicted molar refractivity (Wildman–Crippen MR) is 85.2 cm³/mol. The summed E-state index contributed by atoms with van der Waals surface area (Å²) in [6, 6.07) is 0. The zero-order valence-corrected chi connectivity index (χ0v) is 13.6. The molecule has 0 aromatic carbocycles. The molecule has 0 spiro atoms. The van der Waals surface area contributed by atoms with Crippen LogP contribution in [0.15, 0.2) is 4.79 Å². The third-order valence-corrected chi connectivity index (χ3v) is 3.82. The van der Waals surface area contributed by atoms with Crippen LogP contribution < -0.4 is 5.56 Å². The zero-order chi connectivity index (χ0) is 16.3. The second-order valence-corrected chi connectivity index (χ2v) is 5.38. The highest BCUT2D eigenvalue weighted by Gasteiger charge is 2.22. The topological polar surface area (TPSA) is 90.7 Å². The van der Waals surface area contributed by atoms with Crippen molar-refractivity contribution in [2.75, 3.05) is 6.61 Å². The molecule has 0 aliphatic rings. The number of hydrogen-bond donors (Lipinski definition) is 3. The van der Waals surface area contributed by atoms with Crippen molar-refractivity contribution >= 4 is 5.97 Å². The van der Waals surface area contributed by atoms with Crippen molar-refractivity contribution in [3.05, 3.63) is 32.9 Å². The number of nitrogens with one attached hydrogen (secondary N) is 3. The van der Waals surface area contributed by atoms with Crippen LogP contribution in [0.3, 0.4) is 0 Å². The number of unbranched alkanes of at least 4 members (excludes halogenated alkanes) is 1. The van der Waals surface area contributed by atoms with E-state index < -0.39 is 0 Å². The van der Waals surface area contributed by atoms with Crippen LogP contribution in [-0.2, 0) is 11.2 Å². The predicted octanol–water partition coefficient (Wildman–Crippen LogP) is 2.83. The van der Waals surface area contributed by atoms with Crippen molar-refractivity contribution in [1.29, 1.82) is 0 Å². The first-order valence-electron chi connectivity index (χ1n) is 7.67. The third-order valence-electron chi connectivity index (χ3n) is 3.82. The number of aryl methyl sites for hydroxylation is 1. The van der Waals surface area contributed by atoms with Gasteiger partial charge < -0.3 is 9.72 Å². The van der Waals surface area contributed by atoms with Crippen molar-refractivity contribution in [3.63, 3.8) is 0 Å². The average Bonchev–Trinajstić information content (AvgIpc) is 2.97. The van der Waals surface area contributed by atoms with Gasteiger partial charge in [0.2, 0.25) is 0 Å². The first kappa shape index (κ1) is 16.1. The van der Waals surface area contributed by atoms with Crippen LogP contribution in [0.25, 0.3) is 11.3 Å². The maximum Gasteiger partial charge on any atom is 0.355 e. The lowest BCUT2D eigenvalue weighted by Crippen LogP contribution is -2.07. The number of carbonyl (C=O) groups is 1. The Morgan fingerprint density at radius 3 is 2.55 bits per heavy atom. The molecule has 6 heteroatoms. The second kappa shape index (κ2) is 6.68. The molecule has 2 rings (SSSR count). The van der Waals surface area contributed by atoms with Crippen molar-refractivity contribution in [2.45, 2.75) is 47.0 Å². The van der Waals surface area contributed by atoms with Crippen LogP contribution in [0.5, 0.6) is 0 Å². The van der Waals surface area contributed by atoms with Crippen LogP contribution in [0.4, 0.5) is 0 Å². The van der Waals surface area contributed by atoms with E-state index in [0.717, 1.165) is 40.9 Å². The monoisotopic (exact) mass is 305 g/mol. The molecule has 0 saturated heterocycles. The van der Waals surface area contributed by atoms with Crippen LogP contribution in [0, 0.1) is 13.8 Å². The molecular weight excluding hydrogens is 282 g/mol. The first-order valence-corrected chi connectivity index (χ1v) is 7.67. The molecule has 2 heterocycles. The normalized spacial score (nSPS) is 10.9. The van der Waals surface area contributed by atoms with Crippen LogP contribution in [-0.4, -0.2) is 27.8 Å². The van der Waals surface area contributed by atoms with E-state index in [1.807, 2.05) is 13.8 Å². The first-order chi connectivity index (χ1) is 10.5. The number of esters is 1. The minimum absolute atomic E-state index is 0.0962. The van der Waals surface area contributed by atoms with E-state index in [0.29, 0.717) is 18.7 Å². The van der Waals surface area contributed by atoms with Gasteiger partial charge in [-0.3, -0.25) is 15.0 Å². The maximum atomic E-state index is 12.0. The smallest absolute Gasteiger partial charge is 0.355 e. The Morgan fingerprint density at radius 2 is 1.91 bits per heavy atom. The molecule has 6 nitrogen and oxygen atoms in total. The van der Waals surface area contributed by atoms with Gasteiger partial charge in [0.15, 0.2) is 0 Å². The Balaban J connectivity index is 2.50.